The average molecular weight is 405 g/mol. The average Bonchev–Trinajstić information content (AvgIpc) is 3.30. The maximum atomic E-state index is 12.4. The molecule has 0 spiro atoms. The largest absolute Gasteiger partial charge is 0.337 e. The van der Waals surface area contributed by atoms with E-state index in [1.807, 2.05) is 23.6 Å². The van der Waals surface area contributed by atoms with Crippen molar-refractivity contribution in [3.63, 3.8) is 0 Å². The fourth-order valence-electron chi connectivity index (χ4n) is 2.76. The molecular formula is C22H23N5O3. The van der Waals surface area contributed by atoms with Gasteiger partial charge < -0.3 is 9.88 Å². The fraction of sp³-hybridized carbons (Fsp3) is 0.182. The van der Waals surface area contributed by atoms with E-state index in [1.165, 1.54) is 0 Å². The summed E-state index contributed by atoms with van der Waals surface area (Å²) in [7, 11) is 0. The van der Waals surface area contributed by atoms with Crippen LogP contribution in [0.15, 0.2) is 67.3 Å². The van der Waals surface area contributed by atoms with Gasteiger partial charge in [0.05, 0.1) is 6.33 Å². The minimum absolute atomic E-state index is 0.176. The molecule has 30 heavy (non-hydrogen) atoms. The minimum Gasteiger partial charge on any atom is -0.337 e. The highest BCUT2D eigenvalue weighted by molar-refractivity contribution is 6.00. The van der Waals surface area contributed by atoms with Crippen LogP contribution in [-0.4, -0.2) is 27.3 Å². The number of anilines is 1. The van der Waals surface area contributed by atoms with Gasteiger partial charge >= 0.3 is 0 Å². The monoisotopic (exact) mass is 405 g/mol. The molecule has 0 radical (unpaired) electrons. The van der Waals surface area contributed by atoms with Gasteiger partial charge in [-0.15, -0.1) is 0 Å². The smallest absolute Gasteiger partial charge is 0.269 e. The molecule has 3 N–H and O–H groups in total. The number of hydrazine groups is 1. The van der Waals surface area contributed by atoms with Crippen LogP contribution < -0.4 is 16.2 Å². The molecule has 0 unspecified atom stereocenters. The lowest BCUT2D eigenvalue weighted by molar-refractivity contribution is -0.116. The summed E-state index contributed by atoms with van der Waals surface area (Å²) in [5.41, 5.74) is 7.17. The quantitative estimate of drug-likeness (QED) is 0.525. The zero-order chi connectivity index (χ0) is 21.3. The number of aromatic nitrogens is 2. The third-order valence-corrected chi connectivity index (χ3v) is 4.48. The van der Waals surface area contributed by atoms with Crippen LogP contribution in [-0.2, 0) is 17.8 Å². The number of carbonyl (C=O) groups excluding carboxylic acids is 3. The Morgan fingerprint density at radius 2 is 1.70 bits per heavy atom. The molecule has 2 aromatic carbocycles. The zero-order valence-corrected chi connectivity index (χ0v) is 16.6. The lowest BCUT2D eigenvalue weighted by Gasteiger charge is -2.10. The molecule has 1 heterocycles. The van der Waals surface area contributed by atoms with Gasteiger partial charge in [0.2, 0.25) is 5.91 Å². The standard InChI is InChI=1S/C22H23N5O3/c1-2-16-6-8-17(9-7-16)21(29)25-26-22(30)18-4-3-5-19(14-18)24-20(28)10-12-27-13-11-23-15-27/h3-9,11,13-15H,2,10,12H2,1H3,(H,24,28)(H,25,29)(H,26,30). The summed E-state index contributed by atoms with van der Waals surface area (Å²) in [6.45, 7) is 2.54. The fourth-order valence-corrected chi connectivity index (χ4v) is 2.76. The molecule has 0 aliphatic carbocycles. The number of amides is 3. The van der Waals surface area contributed by atoms with E-state index in [0.717, 1.165) is 12.0 Å². The van der Waals surface area contributed by atoms with Gasteiger partial charge in [-0.3, -0.25) is 25.2 Å². The summed E-state index contributed by atoms with van der Waals surface area (Å²) in [6, 6.07) is 13.7. The summed E-state index contributed by atoms with van der Waals surface area (Å²) in [4.78, 5) is 40.6. The first-order valence-corrected chi connectivity index (χ1v) is 9.60. The molecule has 0 saturated carbocycles. The second-order valence-electron chi connectivity index (χ2n) is 6.64. The van der Waals surface area contributed by atoms with Crippen molar-refractivity contribution in [1.82, 2.24) is 20.4 Å². The molecule has 0 atom stereocenters. The summed E-state index contributed by atoms with van der Waals surface area (Å²) in [6.07, 6.45) is 6.24. The van der Waals surface area contributed by atoms with Crippen molar-refractivity contribution < 1.29 is 14.4 Å². The molecule has 1 aromatic heterocycles. The maximum Gasteiger partial charge on any atom is 0.269 e. The molecule has 3 aromatic rings. The van der Waals surface area contributed by atoms with E-state index < -0.39 is 11.8 Å². The first kappa shape index (κ1) is 20.8. The van der Waals surface area contributed by atoms with E-state index in [2.05, 4.69) is 21.2 Å². The Hall–Kier alpha value is -3.94. The third-order valence-electron chi connectivity index (χ3n) is 4.48. The number of nitrogens with one attached hydrogen (secondary N) is 3. The molecular weight excluding hydrogens is 382 g/mol. The predicted molar refractivity (Wildman–Crippen MR) is 113 cm³/mol. The lowest BCUT2D eigenvalue weighted by Crippen LogP contribution is -2.41. The summed E-state index contributed by atoms with van der Waals surface area (Å²) in [5.74, 6) is -1.07. The van der Waals surface area contributed by atoms with Crippen LogP contribution in [0.25, 0.3) is 0 Å². The summed E-state index contributed by atoms with van der Waals surface area (Å²) < 4.78 is 1.81. The highest BCUT2D eigenvalue weighted by Gasteiger charge is 2.11. The van der Waals surface area contributed by atoms with Gasteiger partial charge in [0, 0.05) is 42.2 Å². The first-order valence-electron chi connectivity index (χ1n) is 9.60. The van der Waals surface area contributed by atoms with Crippen LogP contribution in [0.2, 0.25) is 0 Å². The van der Waals surface area contributed by atoms with Crippen molar-refractivity contribution in [2.24, 2.45) is 0 Å². The maximum absolute atomic E-state index is 12.4. The van der Waals surface area contributed by atoms with Gasteiger partial charge in [-0.25, -0.2) is 4.98 Å². The molecule has 0 aliphatic rings. The molecule has 0 aliphatic heterocycles. The first-order chi connectivity index (χ1) is 14.5. The number of benzene rings is 2. The van der Waals surface area contributed by atoms with Crippen molar-refractivity contribution in [2.45, 2.75) is 26.3 Å². The topological polar surface area (TPSA) is 105 Å². The number of rotatable bonds is 7. The second-order valence-corrected chi connectivity index (χ2v) is 6.64. The summed E-state index contributed by atoms with van der Waals surface area (Å²) in [5, 5.41) is 2.76. The van der Waals surface area contributed by atoms with Crippen LogP contribution >= 0.6 is 0 Å². The van der Waals surface area contributed by atoms with E-state index in [1.54, 1.807) is 55.1 Å². The van der Waals surface area contributed by atoms with Crippen molar-refractivity contribution in [2.75, 3.05) is 5.32 Å². The highest BCUT2D eigenvalue weighted by atomic mass is 16.2. The normalized spacial score (nSPS) is 10.3. The van der Waals surface area contributed by atoms with E-state index in [9.17, 15) is 14.4 Å². The molecule has 154 valence electrons. The van der Waals surface area contributed by atoms with Gasteiger partial charge in [-0.1, -0.05) is 25.1 Å². The number of imidazole rings is 1. The van der Waals surface area contributed by atoms with Crippen molar-refractivity contribution >= 4 is 23.4 Å². The highest BCUT2D eigenvalue weighted by Crippen LogP contribution is 2.11. The Balaban J connectivity index is 1.52. The van der Waals surface area contributed by atoms with E-state index in [4.69, 9.17) is 0 Å². The number of carbonyl (C=O) groups is 3. The van der Waals surface area contributed by atoms with Crippen LogP contribution in [0, 0.1) is 0 Å². The Labute approximate surface area is 174 Å². The van der Waals surface area contributed by atoms with Crippen molar-refractivity contribution in [1.29, 1.82) is 0 Å². The van der Waals surface area contributed by atoms with Crippen molar-refractivity contribution in [3.05, 3.63) is 83.9 Å². The number of nitrogens with zero attached hydrogens (tertiary/aromatic N) is 2. The molecule has 0 bridgehead atoms. The van der Waals surface area contributed by atoms with E-state index in [-0.39, 0.29) is 12.3 Å². The van der Waals surface area contributed by atoms with Gasteiger partial charge in [-0.05, 0) is 42.3 Å². The summed E-state index contributed by atoms with van der Waals surface area (Å²) >= 11 is 0. The molecule has 0 fully saturated rings. The zero-order valence-electron chi connectivity index (χ0n) is 16.6. The van der Waals surface area contributed by atoms with E-state index >= 15 is 0 Å². The van der Waals surface area contributed by atoms with E-state index in [0.29, 0.717) is 23.4 Å². The minimum atomic E-state index is -0.483. The molecule has 0 saturated heterocycles. The number of aryl methyl sites for hydroxylation is 2. The Bertz CT molecular complexity index is 1010. The Kier molecular flexibility index (Phi) is 6.94. The molecule has 8 heteroatoms. The predicted octanol–water partition coefficient (Wildman–Crippen LogP) is 2.55. The van der Waals surface area contributed by atoms with Gasteiger partial charge in [0.15, 0.2) is 0 Å². The van der Waals surface area contributed by atoms with Crippen LogP contribution in [0.5, 0.6) is 0 Å². The third kappa shape index (κ3) is 5.78. The second kappa shape index (κ2) is 10.0. The van der Waals surface area contributed by atoms with Gasteiger partial charge in [0.25, 0.3) is 11.8 Å². The van der Waals surface area contributed by atoms with Crippen molar-refractivity contribution in [3.8, 4) is 0 Å². The Morgan fingerprint density at radius 1 is 0.967 bits per heavy atom. The molecule has 8 nitrogen and oxygen atoms in total. The number of hydrogen-bond acceptors (Lipinski definition) is 4. The van der Waals surface area contributed by atoms with Gasteiger partial charge in [0.1, 0.15) is 0 Å². The SMILES string of the molecule is CCc1ccc(C(=O)NNC(=O)c2cccc(NC(=O)CCn3ccnc3)c2)cc1. The number of hydrogen-bond donors (Lipinski definition) is 3. The molecule has 3 rings (SSSR count). The Morgan fingerprint density at radius 3 is 2.37 bits per heavy atom. The lowest BCUT2D eigenvalue weighted by atomic mass is 10.1. The van der Waals surface area contributed by atoms with Crippen LogP contribution in [0.1, 0.15) is 39.6 Å². The van der Waals surface area contributed by atoms with Crippen LogP contribution in [0.3, 0.4) is 0 Å². The van der Waals surface area contributed by atoms with Crippen LogP contribution in [0.4, 0.5) is 5.69 Å². The van der Waals surface area contributed by atoms with Gasteiger partial charge in [-0.2, -0.15) is 0 Å². The molecule has 3 amide bonds.